The molecule has 7 nitrogen and oxygen atoms in total. The topological polar surface area (TPSA) is 69.1 Å². The molecule has 4 aliphatic rings. The summed E-state index contributed by atoms with van der Waals surface area (Å²) in [4.78, 5) is 14.0. The molecule has 27 heavy (non-hydrogen) atoms. The van der Waals surface area contributed by atoms with Crippen molar-refractivity contribution in [2.24, 2.45) is 4.99 Å². The molecule has 1 aromatic heterocycles. The molecule has 3 saturated heterocycles. The second-order valence-corrected chi connectivity index (χ2v) is 10.00. The Labute approximate surface area is 163 Å². The van der Waals surface area contributed by atoms with Gasteiger partial charge in [-0.15, -0.1) is 11.3 Å². The summed E-state index contributed by atoms with van der Waals surface area (Å²) in [6, 6.07) is 6.13. The van der Waals surface area contributed by atoms with E-state index in [2.05, 4.69) is 19.8 Å². The normalized spacial score (nSPS) is 26.5. The predicted octanol–water partition coefficient (Wildman–Crippen LogP) is 2.14. The highest BCUT2D eigenvalue weighted by Crippen LogP contribution is 2.37. The zero-order valence-corrected chi connectivity index (χ0v) is 16.7. The monoisotopic (exact) mass is 403 g/mol. The summed E-state index contributed by atoms with van der Waals surface area (Å²) in [5, 5.41) is 2.43. The summed E-state index contributed by atoms with van der Waals surface area (Å²) in [7, 11) is -2.10. The Morgan fingerprint density at radius 3 is 2.70 bits per heavy atom. The van der Waals surface area contributed by atoms with Gasteiger partial charge in [0.25, 0.3) is 10.0 Å². The molecule has 2 bridgehead atoms. The van der Waals surface area contributed by atoms with Crippen LogP contribution < -0.4 is 4.90 Å². The highest BCUT2D eigenvalue weighted by atomic mass is 32.2. The highest BCUT2D eigenvalue weighted by molar-refractivity contribution is 7.90. The number of hydrogen-bond acceptors (Lipinski definition) is 7. The van der Waals surface area contributed by atoms with Crippen LogP contribution in [0.1, 0.15) is 17.8 Å². The van der Waals surface area contributed by atoms with Gasteiger partial charge in [-0.25, -0.2) is 18.4 Å². The number of aromatic nitrogens is 1. The van der Waals surface area contributed by atoms with Crippen molar-refractivity contribution in [1.82, 2.24) is 14.2 Å². The summed E-state index contributed by atoms with van der Waals surface area (Å²) in [5.41, 5.74) is 1.47. The van der Waals surface area contributed by atoms with Crippen molar-refractivity contribution in [3.8, 4) is 0 Å². The largest absolute Gasteiger partial charge is 0.367 e. The highest BCUT2D eigenvalue weighted by Gasteiger charge is 2.35. The van der Waals surface area contributed by atoms with Gasteiger partial charge in [0.05, 0.1) is 5.69 Å². The summed E-state index contributed by atoms with van der Waals surface area (Å²) < 4.78 is 27.6. The Kier molecular flexibility index (Phi) is 3.99. The van der Waals surface area contributed by atoms with Crippen LogP contribution in [0, 0.1) is 0 Å². The van der Waals surface area contributed by atoms with Crippen LogP contribution in [0.5, 0.6) is 0 Å². The number of fused-ring (bicyclic) bond motifs is 5. The fourth-order valence-corrected chi connectivity index (χ4v) is 6.18. The van der Waals surface area contributed by atoms with Crippen LogP contribution >= 0.6 is 11.3 Å². The summed E-state index contributed by atoms with van der Waals surface area (Å²) in [5.74, 6) is 0.381. The molecular formula is C18H21N5O2S2. The van der Waals surface area contributed by atoms with Crippen LogP contribution in [-0.4, -0.2) is 67.7 Å². The average Bonchev–Trinajstić information content (AvgIpc) is 3.05. The fourth-order valence-electron chi connectivity index (χ4n) is 4.17. The summed E-state index contributed by atoms with van der Waals surface area (Å²) >= 11 is 1.38. The van der Waals surface area contributed by atoms with Gasteiger partial charge in [-0.3, -0.25) is 4.31 Å². The molecule has 3 fully saturated rings. The van der Waals surface area contributed by atoms with Gasteiger partial charge in [0.2, 0.25) is 0 Å². The number of sulfonamides is 1. The van der Waals surface area contributed by atoms with Crippen molar-refractivity contribution in [1.29, 1.82) is 0 Å². The Hall–Kier alpha value is -1.97. The molecule has 0 spiro atoms. The molecule has 0 aliphatic carbocycles. The number of hydrogen-bond donors (Lipinski definition) is 0. The van der Waals surface area contributed by atoms with E-state index >= 15 is 0 Å². The molecule has 9 heteroatoms. The Morgan fingerprint density at radius 1 is 1.15 bits per heavy atom. The van der Waals surface area contributed by atoms with Crippen LogP contribution in [0.4, 0.5) is 11.4 Å². The molecule has 5 heterocycles. The minimum Gasteiger partial charge on any atom is -0.367 e. The quantitative estimate of drug-likeness (QED) is 0.768. The van der Waals surface area contributed by atoms with Crippen molar-refractivity contribution in [3.05, 3.63) is 34.8 Å². The summed E-state index contributed by atoms with van der Waals surface area (Å²) in [6.45, 7) is 4.24. The number of piperidine rings is 1. The zero-order valence-electron chi connectivity index (χ0n) is 15.1. The molecule has 0 atom stereocenters. The molecule has 0 N–H and O–H groups in total. The molecule has 6 rings (SSSR count). The van der Waals surface area contributed by atoms with E-state index in [0.29, 0.717) is 22.6 Å². The Bertz CT molecular complexity index is 995. The van der Waals surface area contributed by atoms with Crippen molar-refractivity contribution in [2.75, 3.05) is 38.1 Å². The van der Waals surface area contributed by atoms with Crippen molar-refractivity contribution in [2.45, 2.75) is 23.8 Å². The second-order valence-electron chi connectivity index (χ2n) is 7.16. The molecule has 2 aromatic rings. The lowest BCUT2D eigenvalue weighted by Gasteiger charge is -2.34. The van der Waals surface area contributed by atoms with Gasteiger partial charge in [0.15, 0.2) is 10.8 Å². The summed E-state index contributed by atoms with van der Waals surface area (Å²) in [6.07, 6.45) is 3.93. The SMILES string of the molecule is CN1C(c2nccs2)=Nc2ccc(N3CCN4CCC3CC4)cc2S1(=O)=O. The van der Waals surface area contributed by atoms with Gasteiger partial charge < -0.3 is 9.80 Å². The van der Waals surface area contributed by atoms with E-state index in [1.54, 1.807) is 19.3 Å². The van der Waals surface area contributed by atoms with E-state index in [4.69, 9.17) is 0 Å². The third-order valence-electron chi connectivity index (χ3n) is 5.72. The van der Waals surface area contributed by atoms with Gasteiger partial charge in [-0.2, -0.15) is 0 Å². The van der Waals surface area contributed by atoms with Crippen LogP contribution in [0.15, 0.2) is 39.7 Å². The standard InChI is InChI=1S/C18H21N5O2S2/c1-21-17(18-19-6-11-26-18)20-15-3-2-14(12-16(15)27(21,24)25)23-10-9-22-7-4-13(23)5-8-22/h2-3,6,11-13H,4-5,7-10H2,1H3. The first-order chi connectivity index (χ1) is 13.0. The number of aliphatic imine (C=N–C) groups is 1. The smallest absolute Gasteiger partial charge is 0.267 e. The van der Waals surface area contributed by atoms with Gasteiger partial charge in [-0.05, 0) is 31.0 Å². The predicted molar refractivity (Wildman–Crippen MR) is 107 cm³/mol. The Morgan fingerprint density at radius 2 is 1.96 bits per heavy atom. The lowest BCUT2D eigenvalue weighted by molar-refractivity contribution is 0.250. The molecule has 1 aromatic carbocycles. The number of anilines is 1. The zero-order chi connectivity index (χ0) is 18.6. The maximum Gasteiger partial charge on any atom is 0.267 e. The van der Waals surface area contributed by atoms with E-state index in [1.165, 1.54) is 15.6 Å². The van der Waals surface area contributed by atoms with E-state index in [0.717, 1.165) is 44.7 Å². The van der Waals surface area contributed by atoms with Gasteiger partial charge in [0, 0.05) is 56.5 Å². The lowest BCUT2D eigenvalue weighted by atomic mass is 10.0. The van der Waals surface area contributed by atoms with Crippen molar-refractivity contribution >= 4 is 38.6 Å². The minimum atomic E-state index is -3.65. The van der Waals surface area contributed by atoms with E-state index in [9.17, 15) is 8.42 Å². The average molecular weight is 404 g/mol. The van der Waals surface area contributed by atoms with Crippen molar-refractivity contribution in [3.63, 3.8) is 0 Å². The number of thiazole rings is 1. The minimum absolute atomic E-state index is 0.280. The number of rotatable bonds is 2. The molecular weight excluding hydrogens is 382 g/mol. The van der Waals surface area contributed by atoms with Gasteiger partial charge >= 0.3 is 0 Å². The number of benzene rings is 1. The van der Waals surface area contributed by atoms with Gasteiger partial charge in [-0.1, -0.05) is 0 Å². The van der Waals surface area contributed by atoms with E-state index in [1.807, 2.05) is 17.5 Å². The molecule has 0 unspecified atom stereocenters. The van der Waals surface area contributed by atoms with E-state index in [-0.39, 0.29) is 4.90 Å². The van der Waals surface area contributed by atoms with Crippen molar-refractivity contribution < 1.29 is 8.42 Å². The van der Waals surface area contributed by atoms with Gasteiger partial charge in [0.1, 0.15) is 4.90 Å². The number of nitrogens with zero attached hydrogens (tertiary/aromatic N) is 5. The molecule has 0 amide bonds. The van der Waals surface area contributed by atoms with Crippen LogP contribution in [0.25, 0.3) is 0 Å². The van der Waals surface area contributed by atoms with E-state index < -0.39 is 10.0 Å². The Balaban J connectivity index is 1.58. The molecule has 142 valence electrons. The molecule has 0 saturated carbocycles. The lowest BCUT2D eigenvalue weighted by Crippen LogP contribution is -2.38. The second kappa shape index (κ2) is 6.29. The maximum atomic E-state index is 13.2. The molecule has 4 aliphatic heterocycles. The molecule has 0 radical (unpaired) electrons. The maximum absolute atomic E-state index is 13.2. The van der Waals surface area contributed by atoms with Crippen LogP contribution in [0.3, 0.4) is 0 Å². The van der Waals surface area contributed by atoms with Crippen LogP contribution in [-0.2, 0) is 10.0 Å². The third-order valence-corrected chi connectivity index (χ3v) is 8.26. The first-order valence-electron chi connectivity index (χ1n) is 9.14. The fraction of sp³-hybridized carbons (Fsp3) is 0.444. The number of amidine groups is 1. The third kappa shape index (κ3) is 2.76. The van der Waals surface area contributed by atoms with Crippen LogP contribution in [0.2, 0.25) is 0 Å². The first kappa shape index (κ1) is 17.2. The first-order valence-corrected chi connectivity index (χ1v) is 11.5.